The van der Waals surface area contributed by atoms with Crippen LogP contribution in [0.2, 0.25) is 10.0 Å². The first-order chi connectivity index (χ1) is 9.29. The van der Waals surface area contributed by atoms with Crippen LogP contribution in [0.4, 0.5) is 10.5 Å². The van der Waals surface area contributed by atoms with Crippen LogP contribution in [0.1, 0.15) is 6.42 Å². The largest absolute Gasteiger partial charge is 0.481 e. The third-order valence-electron chi connectivity index (χ3n) is 2.16. The predicted octanol–water partition coefficient (Wildman–Crippen LogP) is 2.04. The van der Waals surface area contributed by atoms with Crippen molar-refractivity contribution in [2.24, 2.45) is 0 Å². The van der Waals surface area contributed by atoms with Gasteiger partial charge in [0.05, 0.1) is 17.1 Å². The van der Waals surface area contributed by atoms with Crippen LogP contribution in [0.25, 0.3) is 0 Å². The average Bonchev–Trinajstić information content (AvgIpc) is 2.31. The van der Waals surface area contributed by atoms with Gasteiger partial charge in [-0.3, -0.25) is 4.79 Å². The van der Waals surface area contributed by atoms with Gasteiger partial charge >= 0.3 is 18.0 Å². The summed E-state index contributed by atoms with van der Waals surface area (Å²) in [6.07, 6.45) is -0.739. The lowest BCUT2D eigenvalue weighted by Gasteiger charge is -2.14. The van der Waals surface area contributed by atoms with Gasteiger partial charge < -0.3 is 20.8 Å². The van der Waals surface area contributed by atoms with E-state index in [9.17, 15) is 14.4 Å². The number of carboxylic acids is 2. The molecule has 20 heavy (non-hydrogen) atoms. The number of hydrogen-bond donors (Lipinski definition) is 4. The second kappa shape index (κ2) is 6.97. The molecule has 0 aliphatic rings. The third kappa shape index (κ3) is 4.94. The summed E-state index contributed by atoms with van der Waals surface area (Å²) >= 11 is 11.5. The molecular weight excluding hydrogens is 311 g/mol. The number of amides is 2. The molecule has 1 atom stereocenters. The Kier molecular flexibility index (Phi) is 5.60. The molecule has 0 unspecified atom stereocenters. The van der Waals surface area contributed by atoms with Crippen molar-refractivity contribution in [3.63, 3.8) is 0 Å². The molecule has 0 bridgehead atoms. The fourth-order valence-corrected chi connectivity index (χ4v) is 1.74. The summed E-state index contributed by atoms with van der Waals surface area (Å²) in [6.45, 7) is 0. The standard InChI is InChI=1S/C11H10Cl2N2O5/c12-5-1-2-7(6(13)3-5)14-11(20)15-8(10(18)19)4-9(16)17/h1-3,8H,4H2,(H,16,17)(H,18,19)(H2,14,15,20)/t8-/m0/s1. The van der Waals surface area contributed by atoms with Crippen LogP contribution >= 0.6 is 23.2 Å². The number of rotatable bonds is 5. The topological polar surface area (TPSA) is 116 Å². The summed E-state index contributed by atoms with van der Waals surface area (Å²) in [7, 11) is 0. The second-order valence-electron chi connectivity index (χ2n) is 3.71. The number of carbonyl (C=O) groups excluding carboxylic acids is 1. The summed E-state index contributed by atoms with van der Waals surface area (Å²) in [5, 5.41) is 22.2. The summed E-state index contributed by atoms with van der Waals surface area (Å²) in [4.78, 5) is 32.8. The molecule has 0 aliphatic carbocycles. The molecule has 0 aromatic heterocycles. The zero-order valence-corrected chi connectivity index (χ0v) is 11.4. The van der Waals surface area contributed by atoms with E-state index in [1.54, 1.807) is 0 Å². The molecule has 1 aromatic rings. The Hall–Kier alpha value is -1.99. The summed E-state index contributed by atoms with van der Waals surface area (Å²) in [5.74, 6) is -2.80. The van der Waals surface area contributed by atoms with Gasteiger partial charge in [0.1, 0.15) is 6.04 Å². The molecule has 108 valence electrons. The number of anilines is 1. The first kappa shape index (κ1) is 16.1. The summed E-state index contributed by atoms with van der Waals surface area (Å²) in [6, 6.07) is 1.87. The number of carboxylic acid groups (broad SMARTS) is 2. The number of aliphatic carboxylic acids is 2. The maximum Gasteiger partial charge on any atom is 0.326 e. The number of hydrogen-bond acceptors (Lipinski definition) is 3. The molecule has 0 fully saturated rings. The normalized spacial score (nSPS) is 11.5. The van der Waals surface area contributed by atoms with Gasteiger partial charge in [0.25, 0.3) is 0 Å². The van der Waals surface area contributed by atoms with Gasteiger partial charge in [0.2, 0.25) is 0 Å². The lowest BCUT2D eigenvalue weighted by Crippen LogP contribution is -2.44. The first-order valence-electron chi connectivity index (χ1n) is 5.26. The Balaban J connectivity index is 2.70. The summed E-state index contributed by atoms with van der Waals surface area (Å²) in [5.41, 5.74) is 0.216. The molecule has 0 saturated heterocycles. The van der Waals surface area contributed by atoms with Crippen molar-refractivity contribution in [2.75, 3.05) is 5.32 Å². The molecule has 1 rings (SSSR count). The van der Waals surface area contributed by atoms with E-state index in [2.05, 4.69) is 5.32 Å². The van der Waals surface area contributed by atoms with Crippen molar-refractivity contribution < 1.29 is 24.6 Å². The van der Waals surface area contributed by atoms with Gasteiger partial charge in [-0.15, -0.1) is 0 Å². The number of urea groups is 1. The van der Waals surface area contributed by atoms with Gasteiger partial charge in [-0.05, 0) is 18.2 Å². The quantitative estimate of drug-likeness (QED) is 0.662. The van der Waals surface area contributed by atoms with Crippen LogP contribution in [0.3, 0.4) is 0 Å². The zero-order valence-electron chi connectivity index (χ0n) is 9.89. The molecule has 0 radical (unpaired) electrons. The Labute approximate surface area is 123 Å². The smallest absolute Gasteiger partial charge is 0.326 e. The van der Waals surface area contributed by atoms with Gasteiger partial charge in [0, 0.05) is 5.02 Å². The highest BCUT2D eigenvalue weighted by Crippen LogP contribution is 2.25. The van der Waals surface area contributed by atoms with Crippen molar-refractivity contribution in [1.29, 1.82) is 0 Å². The SMILES string of the molecule is O=C(O)C[C@H](NC(=O)Nc1ccc(Cl)cc1Cl)C(=O)O. The zero-order chi connectivity index (χ0) is 15.3. The van der Waals surface area contributed by atoms with E-state index < -0.39 is 30.4 Å². The third-order valence-corrected chi connectivity index (χ3v) is 2.71. The van der Waals surface area contributed by atoms with Crippen LogP contribution in [0.5, 0.6) is 0 Å². The number of halogens is 2. The Morgan fingerprint density at radius 2 is 1.85 bits per heavy atom. The fraction of sp³-hybridized carbons (Fsp3) is 0.182. The van der Waals surface area contributed by atoms with Gasteiger partial charge in [-0.2, -0.15) is 0 Å². The number of nitrogens with one attached hydrogen (secondary N) is 2. The molecule has 0 heterocycles. The minimum Gasteiger partial charge on any atom is -0.481 e. The van der Waals surface area contributed by atoms with Crippen LogP contribution in [0.15, 0.2) is 18.2 Å². The van der Waals surface area contributed by atoms with Crippen LogP contribution in [-0.4, -0.2) is 34.2 Å². The lowest BCUT2D eigenvalue weighted by molar-refractivity contribution is -0.145. The minimum absolute atomic E-state index is 0.165. The van der Waals surface area contributed by atoms with Crippen LogP contribution in [0, 0.1) is 0 Å². The van der Waals surface area contributed by atoms with E-state index in [4.69, 9.17) is 33.4 Å². The molecule has 1 aromatic carbocycles. The molecule has 0 spiro atoms. The minimum atomic E-state index is -1.54. The van der Waals surface area contributed by atoms with Crippen molar-refractivity contribution in [2.45, 2.75) is 12.5 Å². The van der Waals surface area contributed by atoms with E-state index >= 15 is 0 Å². The molecular formula is C11H10Cl2N2O5. The molecule has 7 nitrogen and oxygen atoms in total. The van der Waals surface area contributed by atoms with Crippen molar-refractivity contribution in [1.82, 2.24) is 5.32 Å². The van der Waals surface area contributed by atoms with E-state index in [0.717, 1.165) is 0 Å². The maximum atomic E-state index is 11.6. The Bertz CT molecular complexity index is 550. The highest BCUT2D eigenvalue weighted by Gasteiger charge is 2.23. The fourth-order valence-electron chi connectivity index (χ4n) is 1.28. The summed E-state index contributed by atoms with van der Waals surface area (Å²) < 4.78 is 0. The Morgan fingerprint density at radius 1 is 1.20 bits per heavy atom. The van der Waals surface area contributed by atoms with Crippen LogP contribution in [-0.2, 0) is 9.59 Å². The van der Waals surface area contributed by atoms with Gasteiger partial charge in [-0.25, -0.2) is 9.59 Å². The molecule has 4 N–H and O–H groups in total. The first-order valence-corrected chi connectivity index (χ1v) is 6.02. The van der Waals surface area contributed by atoms with Gasteiger partial charge in [-0.1, -0.05) is 23.2 Å². The molecule has 9 heteroatoms. The predicted molar refractivity (Wildman–Crippen MR) is 72.3 cm³/mol. The van der Waals surface area contributed by atoms with Gasteiger partial charge in [0.15, 0.2) is 0 Å². The highest BCUT2D eigenvalue weighted by molar-refractivity contribution is 6.36. The van der Waals surface area contributed by atoms with E-state index in [-0.39, 0.29) is 10.7 Å². The second-order valence-corrected chi connectivity index (χ2v) is 4.55. The van der Waals surface area contributed by atoms with Crippen molar-refractivity contribution in [3.05, 3.63) is 28.2 Å². The van der Waals surface area contributed by atoms with Crippen molar-refractivity contribution >= 4 is 46.9 Å². The monoisotopic (exact) mass is 320 g/mol. The number of benzene rings is 1. The lowest BCUT2D eigenvalue weighted by atomic mass is 10.2. The van der Waals surface area contributed by atoms with E-state index in [1.807, 2.05) is 5.32 Å². The molecule has 2 amide bonds. The number of carbonyl (C=O) groups is 3. The average molecular weight is 321 g/mol. The Morgan fingerprint density at radius 3 is 2.35 bits per heavy atom. The maximum absolute atomic E-state index is 11.6. The van der Waals surface area contributed by atoms with E-state index in [1.165, 1.54) is 18.2 Å². The molecule has 0 aliphatic heterocycles. The van der Waals surface area contributed by atoms with Crippen LogP contribution < -0.4 is 10.6 Å². The highest BCUT2D eigenvalue weighted by atomic mass is 35.5. The van der Waals surface area contributed by atoms with Crippen molar-refractivity contribution in [3.8, 4) is 0 Å². The van der Waals surface area contributed by atoms with E-state index in [0.29, 0.717) is 5.02 Å². The molecule has 0 saturated carbocycles.